The van der Waals surface area contributed by atoms with Crippen LogP contribution >= 0.6 is 0 Å². The fourth-order valence-electron chi connectivity index (χ4n) is 1.04. The van der Waals surface area contributed by atoms with E-state index in [-0.39, 0.29) is 0 Å². The molecule has 19 heavy (non-hydrogen) atoms. The van der Waals surface area contributed by atoms with Gasteiger partial charge >= 0.3 is 0 Å². The van der Waals surface area contributed by atoms with Gasteiger partial charge in [-0.15, -0.1) is 0 Å². The van der Waals surface area contributed by atoms with Crippen molar-refractivity contribution in [1.29, 1.82) is 0 Å². The van der Waals surface area contributed by atoms with Crippen LogP contribution in [0.25, 0.3) is 0 Å². The summed E-state index contributed by atoms with van der Waals surface area (Å²) in [6, 6.07) is 10.3. The van der Waals surface area contributed by atoms with Crippen molar-refractivity contribution in [2.75, 3.05) is 0 Å². The zero-order valence-corrected chi connectivity index (χ0v) is 13.9. The number of allylic oxidation sites excluding steroid dienone is 5. The lowest BCUT2D eigenvalue weighted by atomic mass is 10.2. The molecule has 1 aromatic rings. The zero-order valence-electron chi connectivity index (χ0n) is 13.9. The van der Waals surface area contributed by atoms with Gasteiger partial charge in [-0.25, -0.2) is 0 Å². The van der Waals surface area contributed by atoms with E-state index in [2.05, 4.69) is 25.6 Å². The molecule has 0 amide bonds. The van der Waals surface area contributed by atoms with Crippen LogP contribution in [0.15, 0.2) is 66.8 Å². The molecule has 1 aromatic carbocycles. The van der Waals surface area contributed by atoms with Gasteiger partial charge in [-0.05, 0) is 20.8 Å². The Kier molecular flexibility index (Phi) is 25.8. The number of rotatable bonds is 2. The zero-order chi connectivity index (χ0) is 15.5. The number of hydrogen-bond acceptors (Lipinski definition) is 0. The fourth-order valence-corrected chi connectivity index (χ4v) is 1.04. The number of benzene rings is 1. The molecule has 0 heteroatoms. The van der Waals surface area contributed by atoms with Gasteiger partial charge in [0.25, 0.3) is 0 Å². The average Bonchev–Trinajstić information content (AvgIpc) is 2.45. The van der Waals surface area contributed by atoms with Crippen LogP contribution < -0.4 is 0 Å². The minimum atomic E-state index is 1.24. The summed E-state index contributed by atoms with van der Waals surface area (Å²) in [6.45, 7) is 17.7. The van der Waals surface area contributed by atoms with Gasteiger partial charge in [-0.1, -0.05) is 100 Å². The molecule has 0 spiro atoms. The Labute approximate surface area is 121 Å². The van der Waals surface area contributed by atoms with Gasteiger partial charge in [0.2, 0.25) is 0 Å². The van der Waals surface area contributed by atoms with E-state index in [1.807, 2.05) is 78.0 Å². The second-order valence-electron chi connectivity index (χ2n) is 3.30. The monoisotopic (exact) mass is 260 g/mol. The minimum Gasteiger partial charge on any atom is -0.0991 e. The van der Waals surface area contributed by atoms with Crippen molar-refractivity contribution in [3.63, 3.8) is 0 Å². The standard InChI is InChI=1S/C8H12.C7H8.2C2H6/c1-4-6-8(3)7-5-2;1-7-5-3-2-4-6-7;2*1-2/h4-7H,1H2,2-3H3;2-6H,1H3;2*1-2H3/b7-5-,8-6-;;;. The molecule has 0 aromatic heterocycles. The van der Waals surface area contributed by atoms with Crippen LogP contribution in [-0.4, -0.2) is 0 Å². The summed E-state index contributed by atoms with van der Waals surface area (Å²) in [5.41, 5.74) is 2.56. The molecule has 0 aliphatic carbocycles. The maximum atomic E-state index is 3.57. The smallest absolute Gasteiger partial charge is 0.0398 e. The molecule has 0 fully saturated rings. The Balaban J connectivity index is -0.000000214. The van der Waals surface area contributed by atoms with Gasteiger partial charge in [0.1, 0.15) is 0 Å². The van der Waals surface area contributed by atoms with Gasteiger partial charge in [-0.2, -0.15) is 0 Å². The van der Waals surface area contributed by atoms with Crippen molar-refractivity contribution in [2.24, 2.45) is 0 Å². The van der Waals surface area contributed by atoms with Crippen molar-refractivity contribution < 1.29 is 0 Å². The van der Waals surface area contributed by atoms with Crippen molar-refractivity contribution in [2.45, 2.75) is 48.5 Å². The molecule has 0 radical (unpaired) electrons. The number of aryl methyl sites for hydroxylation is 1. The van der Waals surface area contributed by atoms with E-state index >= 15 is 0 Å². The maximum absolute atomic E-state index is 3.57. The lowest BCUT2D eigenvalue weighted by Gasteiger charge is -1.82. The van der Waals surface area contributed by atoms with Crippen molar-refractivity contribution in [3.8, 4) is 0 Å². The Morgan fingerprint density at radius 2 is 1.47 bits per heavy atom. The summed E-state index contributed by atoms with van der Waals surface area (Å²) < 4.78 is 0. The molecule has 0 atom stereocenters. The van der Waals surface area contributed by atoms with E-state index in [9.17, 15) is 0 Å². The molecule has 1 rings (SSSR count). The van der Waals surface area contributed by atoms with Crippen molar-refractivity contribution >= 4 is 0 Å². The molecular weight excluding hydrogens is 228 g/mol. The van der Waals surface area contributed by atoms with Crippen LogP contribution in [0.5, 0.6) is 0 Å². The molecule has 0 nitrogen and oxygen atoms in total. The first-order chi connectivity index (χ1) is 9.20. The fraction of sp³-hybridized carbons (Fsp3) is 0.368. The Bertz CT molecular complexity index is 315. The van der Waals surface area contributed by atoms with Gasteiger partial charge < -0.3 is 0 Å². The Morgan fingerprint density at radius 1 is 1.00 bits per heavy atom. The summed E-state index contributed by atoms with van der Waals surface area (Å²) in [6.07, 6.45) is 7.81. The summed E-state index contributed by atoms with van der Waals surface area (Å²) >= 11 is 0. The second kappa shape index (κ2) is 21.7. The highest BCUT2D eigenvalue weighted by Gasteiger charge is 1.72. The second-order valence-corrected chi connectivity index (χ2v) is 3.30. The molecule has 0 aliphatic rings. The van der Waals surface area contributed by atoms with Crippen LogP contribution in [0.4, 0.5) is 0 Å². The van der Waals surface area contributed by atoms with Gasteiger partial charge in [0, 0.05) is 0 Å². The van der Waals surface area contributed by atoms with E-state index < -0.39 is 0 Å². The highest BCUT2D eigenvalue weighted by atomic mass is 13.8. The lowest BCUT2D eigenvalue weighted by Crippen LogP contribution is -1.62. The molecule has 108 valence electrons. The first kappa shape index (κ1) is 22.6. The summed E-state index contributed by atoms with van der Waals surface area (Å²) in [7, 11) is 0. The first-order valence-corrected chi connectivity index (χ1v) is 7.14. The number of hydrogen-bond donors (Lipinski definition) is 0. The largest absolute Gasteiger partial charge is 0.0991 e. The Hall–Kier alpha value is -1.56. The SMILES string of the molecule is C=C/C=C(C)\C=C/C.CC.CC.Cc1ccccc1. The first-order valence-electron chi connectivity index (χ1n) is 7.14. The third-order valence-corrected chi connectivity index (χ3v) is 1.75. The van der Waals surface area contributed by atoms with Gasteiger partial charge in [0.15, 0.2) is 0 Å². The van der Waals surface area contributed by atoms with E-state index in [4.69, 9.17) is 0 Å². The third-order valence-electron chi connectivity index (χ3n) is 1.75. The van der Waals surface area contributed by atoms with Crippen LogP contribution in [0.1, 0.15) is 47.1 Å². The van der Waals surface area contributed by atoms with Crippen LogP contribution in [0.3, 0.4) is 0 Å². The molecule has 0 N–H and O–H groups in total. The lowest BCUT2D eigenvalue weighted by molar-refractivity contribution is 1.48. The average molecular weight is 260 g/mol. The van der Waals surface area contributed by atoms with E-state index in [0.29, 0.717) is 0 Å². The van der Waals surface area contributed by atoms with Crippen LogP contribution in [-0.2, 0) is 0 Å². The third kappa shape index (κ3) is 22.2. The van der Waals surface area contributed by atoms with E-state index in [1.165, 1.54) is 11.1 Å². The molecule has 0 saturated carbocycles. The topological polar surface area (TPSA) is 0 Å². The quantitative estimate of drug-likeness (QED) is 0.516. The predicted molar refractivity (Wildman–Crippen MR) is 92.6 cm³/mol. The van der Waals surface area contributed by atoms with Crippen LogP contribution in [0.2, 0.25) is 0 Å². The van der Waals surface area contributed by atoms with Gasteiger partial charge in [-0.3, -0.25) is 0 Å². The molecule has 0 aliphatic heterocycles. The highest BCUT2D eigenvalue weighted by Crippen LogP contribution is 1.93. The summed E-state index contributed by atoms with van der Waals surface area (Å²) in [4.78, 5) is 0. The summed E-state index contributed by atoms with van der Waals surface area (Å²) in [5.74, 6) is 0. The van der Waals surface area contributed by atoms with E-state index in [1.54, 1.807) is 6.08 Å². The van der Waals surface area contributed by atoms with Crippen molar-refractivity contribution in [1.82, 2.24) is 0 Å². The van der Waals surface area contributed by atoms with Crippen molar-refractivity contribution in [3.05, 3.63) is 72.4 Å². The minimum absolute atomic E-state index is 1.24. The maximum Gasteiger partial charge on any atom is -0.0398 e. The Morgan fingerprint density at radius 3 is 1.74 bits per heavy atom. The molecule has 0 heterocycles. The molecule has 0 bridgehead atoms. The molecular formula is C19H32. The van der Waals surface area contributed by atoms with Crippen LogP contribution in [0, 0.1) is 6.92 Å². The van der Waals surface area contributed by atoms with Gasteiger partial charge in [0.05, 0.1) is 0 Å². The predicted octanol–water partition coefficient (Wildman–Crippen LogP) is 6.74. The normalized spacial score (nSPS) is 9.11. The molecule has 0 unspecified atom stereocenters. The molecule has 0 saturated heterocycles. The highest BCUT2D eigenvalue weighted by molar-refractivity contribution is 5.19. The van der Waals surface area contributed by atoms with E-state index in [0.717, 1.165) is 0 Å². The summed E-state index contributed by atoms with van der Waals surface area (Å²) in [5, 5.41) is 0.